The summed E-state index contributed by atoms with van der Waals surface area (Å²) in [5, 5.41) is 8.80. The van der Waals surface area contributed by atoms with Gasteiger partial charge in [-0.2, -0.15) is 0 Å². The number of esters is 1. The molecule has 11 heteroatoms. The van der Waals surface area contributed by atoms with E-state index >= 15 is 0 Å². The van der Waals surface area contributed by atoms with Crippen molar-refractivity contribution in [3.8, 4) is 0 Å². The average Bonchev–Trinajstić information content (AvgIpc) is 2.78. The molecule has 0 spiro atoms. The molecule has 2 aliphatic rings. The molecule has 2 heterocycles. The molecule has 2 amide bonds. The van der Waals surface area contributed by atoms with Gasteiger partial charge in [-0.1, -0.05) is 20.6 Å². The van der Waals surface area contributed by atoms with Gasteiger partial charge in [0.25, 0.3) is 0 Å². The molecule has 0 aromatic rings. The van der Waals surface area contributed by atoms with Crippen LogP contribution < -0.4 is 0 Å². The van der Waals surface area contributed by atoms with Crippen molar-refractivity contribution in [3.63, 3.8) is 0 Å². The summed E-state index contributed by atoms with van der Waals surface area (Å²) in [6.45, 7) is 23.4. The Labute approximate surface area is 245 Å². The highest BCUT2D eigenvalue weighted by molar-refractivity contribution is 6.67. The van der Waals surface area contributed by atoms with Crippen LogP contribution in [-0.2, 0) is 23.8 Å². The van der Waals surface area contributed by atoms with Crippen molar-refractivity contribution >= 4 is 35.0 Å². The Balaban J connectivity index is 0. The van der Waals surface area contributed by atoms with Gasteiger partial charge in [-0.25, -0.2) is 14.4 Å². The number of amides is 2. The van der Waals surface area contributed by atoms with E-state index in [-0.39, 0.29) is 37.8 Å². The van der Waals surface area contributed by atoms with Crippen LogP contribution in [0.3, 0.4) is 0 Å². The number of aliphatic hydroxyl groups is 1. The fraction of sp³-hybridized carbons (Fsp3) is 0.724. The van der Waals surface area contributed by atoms with E-state index < -0.39 is 16.4 Å². The highest BCUT2D eigenvalue weighted by Crippen LogP contribution is 2.18. The van der Waals surface area contributed by atoms with Crippen molar-refractivity contribution < 1.29 is 38.5 Å². The zero-order chi connectivity index (χ0) is 30.6. The maximum atomic E-state index is 11.8. The van der Waals surface area contributed by atoms with E-state index in [1.54, 1.807) is 23.6 Å². The third-order valence-corrected chi connectivity index (χ3v) is 5.49. The van der Waals surface area contributed by atoms with Gasteiger partial charge in [-0.3, -0.25) is 4.79 Å². The van der Waals surface area contributed by atoms with Gasteiger partial charge >= 0.3 is 18.2 Å². The molecule has 0 atom stereocenters. The molecule has 10 nitrogen and oxygen atoms in total. The van der Waals surface area contributed by atoms with E-state index in [2.05, 4.69) is 13.2 Å². The number of piperidine rings is 2. The fourth-order valence-corrected chi connectivity index (χ4v) is 3.11. The van der Waals surface area contributed by atoms with Crippen LogP contribution in [0.4, 0.5) is 9.59 Å². The van der Waals surface area contributed by atoms with Crippen molar-refractivity contribution in [2.45, 2.75) is 112 Å². The molecule has 0 bridgehead atoms. The van der Waals surface area contributed by atoms with Crippen LogP contribution in [0, 0.1) is 0 Å². The average molecular weight is 591 g/mol. The van der Waals surface area contributed by atoms with Crippen LogP contribution >= 0.6 is 11.6 Å². The van der Waals surface area contributed by atoms with E-state index in [9.17, 15) is 24.3 Å². The SMILES string of the molecule is C.C=C(C)C(=O)Cl.C=C(C)C(=O)OC1CCN(C(=O)OC(C)(C)C)CC1.CC(C)(C)OC(=O)N1CCC(O)CC1. The van der Waals surface area contributed by atoms with E-state index in [1.807, 2.05) is 41.5 Å². The number of aliphatic hydroxyl groups excluding tert-OH is 1. The van der Waals surface area contributed by atoms with Gasteiger partial charge in [0, 0.05) is 50.2 Å². The molecular formula is C29H51ClN2O8. The Bertz CT molecular complexity index is 848. The van der Waals surface area contributed by atoms with Gasteiger partial charge in [0.15, 0.2) is 0 Å². The summed E-state index contributed by atoms with van der Waals surface area (Å²) in [5.41, 5.74) is -0.140. The van der Waals surface area contributed by atoms with Gasteiger partial charge in [0.05, 0.1) is 6.10 Å². The maximum Gasteiger partial charge on any atom is 0.410 e. The topological polar surface area (TPSA) is 123 Å². The number of allylic oxidation sites excluding steroid dienone is 1. The number of hydrogen-bond donors (Lipinski definition) is 1. The summed E-state index contributed by atoms with van der Waals surface area (Å²) in [6.07, 6.45) is 1.60. The molecule has 40 heavy (non-hydrogen) atoms. The predicted molar refractivity (Wildman–Crippen MR) is 157 cm³/mol. The zero-order valence-corrected chi connectivity index (χ0v) is 25.6. The Kier molecular flexibility index (Phi) is 17.8. The first kappa shape index (κ1) is 39.6. The minimum atomic E-state index is -0.486. The van der Waals surface area contributed by atoms with Crippen LogP contribution in [0.25, 0.3) is 0 Å². The van der Waals surface area contributed by atoms with Gasteiger partial charge in [-0.15, -0.1) is 0 Å². The van der Waals surface area contributed by atoms with Crippen LogP contribution in [0.15, 0.2) is 24.3 Å². The van der Waals surface area contributed by atoms with E-state index in [0.717, 1.165) is 0 Å². The normalized spacial score (nSPS) is 16.1. The third kappa shape index (κ3) is 18.7. The molecule has 0 aliphatic carbocycles. The zero-order valence-electron chi connectivity index (χ0n) is 24.8. The first-order chi connectivity index (χ1) is 17.7. The lowest BCUT2D eigenvalue weighted by molar-refractivity contribution is -0.146. The number of likely N-dealkylation sites (tertiary alicyclic amines) is 2. The molecule has 2 fully saturated rings. The third-order valence-electron chi connectivity index (χ3n) is 5.17. The first-order valence-electron chi connectivity index (χ1n) is 13.1. The Morgan fingerprint density at radius 2 is 1.07 bits per heavy atom. The minimum absolute atomic E-state index is 0. The predicted octanol–water partition coefficient (Wildman–Crippen LogP) is 5.85. The van der Waals surface area contributed by atoms with E-state index in [0.29, 0.717) is 63.0 Å². The number of halogens is 1. The van der Waals surface area contributed by atoms with Crippen LogP contribution in [0.1, 0.15) is 88.5 Å². The Hall–Kier alpha value is -2.59. The Morgan fingerprint density at radius 3 is 1.35 bits per heavy atom. The number of nitrogens with zero attached hydrogens (tertiary/aromatic N) is 2. The summed E-state index contributed by atoms with van der Waals surface area (Å²) >= 11 is 4.87. The molecule has 0 unspecified atom stereocenters. The van der Waals surface area contributed by atoms with Crippen molar-refractivity contribution in [1.82, 2.24) is 9.80 Å². The van der Waals surface area contributed by atoms with Crippen molar-refractivity contribution in [2.75, 3.05) is 26.2 Å². The molecule has 1 N–H and O–H groups in total. The quantitative estimate of drug-likeness (QED) is 0.188. The standard InChI is InChI=1S/C14H23NO4.C10H19NO3.C4H5ClO.CH4/c1-10(2)12(16)18-11-6-8-15(9-7-11)13(17)19-14(3,4)5;1-10(2,3)14-9(13)11-6-4-8(12)5-7-11;1-3(2)4(5)6;/h11H,1,6-9H2,2-5H3;8,12H,4-7H2,1-3H3;1H2,2H3;1H4. The van der Waals surface area contributed by atoms with Crippen molar-refractivity contribution in [3.05, 3.63) is 24.3 Å². The lowest BCUT2D eigenvalue weighted by Crippen LogP contribution is -2.43. The van der Waals surface area contributed by atoms with Crippen LogP contribution in [0.5, 0.6) is 0 Å². The van der Waals surface area contributed by atoms with Crippen molar-refractivity contribution in [2.24, 2.45) is 0 Å². The maximum absolute atomic E-state index is 11.8. The van der Waals surface area contributed by atoms with Gasteiger partial charge in [0.1, 0.15) is 17.3 Å². The van der Waals surface area contributed by atoms with Crippen LogP contribution in [-0.4, -0.2) is 87.9 Å². The number of rotatable bonds is 3. The van der Waals surface area contributed by atoms with Crippen molar-refractivity contribution in [1.29, 1.82) is 0 Å². The van der Waals surface area contributed by atoms with Crippen LogP contribution in [0.2, 0.25) is 0 Å². The first-order valence-corrected chi connectivity index (χ1v) is 13.5. The second kappa shape index (κ2) is 18.0. The second-order valence-corrected chi connectivity index (χ2v) is 11.9. The summed E-state index contributed by atoms with van der Waals surface area (Å²) < 4.78 is 15.8. The highest BCUT2D eigenvalue weighted by Gasteiger charge is 2.28. The lowest BCUT2D eigenvalue weighted by atomic mass is 10.1. The second-order valence-electron chi connectivity index (χ2n) is 11.6. The largest absolute Gasteiger partial charge is 0.459 e. The summed E-state index contributed by atoms with van der Waals surface area (Å²) in [7, 11) is 0. The van der Waals surface area contributed by atoms with E-state index in [4.69, 9.17) is 25.8 Å². The molecule has 2 saturated heterocycles. The molecular weight excluding hydrogens is 540 g/mol. The molecule has 0 saturated carbocycles. The summed E-state index contributed by atoms with van der Waals surface area (Å²) in [4.78, 5) is 47.9. The van der Waals surface area contributed by atoms with Gasteiger partial charge in [0.2, 0.25) is 5.24 Å². The minimum Gasteiger partial charge on any atom is -0.459 e. The Morgan fingerprint density at radius 1 is 0.750 bits per heavy atom. The smallest absolute Gasteiger partial charge is 0.410 e. The van der Waals surface area contributed by atoms with Gasteiger partial charge < -0.3 is 29.1 Å². The number of carbonyl (C=O) groups excluding carboxylic acids is 4. The highest BCUT2D eigenvalue weighted by atomic mass is 35.5. The molecule has 232 valence electrons. The molecule has 0 radical (unpaired) electrons. The number of hydrogen-bond acceptors (Lipinski definition) is 8. The number of ether oxygens (including phenoxy) is 3. The van der Waals surface area contributed by atoms with E-state index in [1.165, 1.54) is 0 Å². The molecule has 0 aromatic heterocycles. The monoisotopic (exact) mass is 590 g/mol. The molecule has 0 aromatic carbocycles. The summed E-state index contributed by atoms with van der Waals surface area (Å²) in [5.74, 6) is -0.365. The fourth-order valence-electron chi connectivity index (χ4n) is 3.11. The summed E-state index contributed by atoms with van der Waals surface area (Å²) in [6, 6.07) is 0. The molecule has 2 rings (SSSR count). The lowest BCUT2D eigenvalue weighted by Gasteiger charge is -2.33. The van der Waals surface area contributed by atoms with Gasteiger partial charge in [-0.05, 0) is 79.8 Å². The number of carbonyl (C=O) groups is 4. The molecule has 2 aliphatic heterocycles.